The third-order valence-corrected chi connectivity index (χ3v) is 1.35. The van der Waals surface area contributed by atoms with Gasteiger partial charge < -0.3 is 9.99 Å². The van der Waals surface area contributed by atoms with Crippen molar-refractivity contribution in [1.82, 2.24) is 15.0 Å². The molecule has 0 atom stereocenters. The quantitative estimate of drug-likeness (QED) is 0.511. The summed E-state index contributed by atoms with van der Waals surface area (Å²) >= 11 is 0. The number of aromatic amines is 1. The summed E-state index contributed by atoms with van der Waals surface area (Å²) in [6.45, 7) is 2.94. The number of hydrogen-bond donors (Lipinski definition) is 1. The molecular formula is C7H12N4. The van der Waals surface area contributed by atoms with Gasteiger partial charge in [0.05, 0.1) is 6.21 Å². The second-order valence-corrected chi connectivity index (χ2v) is 2.19. The first-order valence-corrected chi connectivity index (χ1v) is 3.57. The van der Waals surface area contributed by atoms with E-state index in [1.165, 1.54) is 0 Å². The Kier molecular flexibility index (Phi) is 2.66. The van der Waals surface area contributed by atoms with Crippen LogP contribution < -0.4 is 0 Å². The molecule has 60 valence electrons. The molecule has 0 aliphatic rings. The van der Waals surface area contributed by atoms with E-state index < -0.39 is 0 Å². The van der Waals surface area contributed by atoms with E-state index in [0.717, 1.165) is 12.4 Å². The molecule has 0 amide bonds. The van der Waals surface area contributed by atoms with E-state index in [-0.39, 0.29) is 0 Å². The van der Waals surface area contributed by atoms with Gasteiger partial charge in [-0.05, 0) is 6.92 Å². The van der Waals surface area contributed by atoms with Gasteiger partial charge in [0.15, 0.2) is 0 Å². The predicted molar refractivity (Wildman–Crippen MR) is 44.5 cm³/mol. The van der Waals surface area contributed by atoms with E-state index >= 15 is 0 Å². The Labute approximate surface area is 65.9 Å². The van der Waals surface area contributed by atoms with Crippen molar-refractivity contribution in [2.45, 2.75) is 6.92 Å². The molecule has 0 spiro atoms. The van der Waals surface area contributed by atoms with Gasteiger partial charge in [-0.25, -0.2) is 4.98 Å². The van der Waals surface area contributed by atoms with E-state index in [0.29, 0.717) is 0 Å². The molecule has 0 saturated carbocycles. The Morgan fingerprint density at radius 2 is 2.64 bits per heavy atom. The van der Waals surface area contributed by atoms with Crippen molar-refractivity contribution in [2.24, 2.45) is 5.10 Å². The standard InChI is InChI=1S/C7H12N4/c1-3-11(2)10-6-7-8-4-5-9-7/h4-6H,3H2,1-2H3,(H,8,9)/b10-6+. The van der Waals surface area contributed by atoms with Gasteiger partial charge in [0.2, 0.25) is 0 Å². The average molecular weight is 152 g/mol. The van der Waals surface area contributed by atoms with E-state index in [4.69, 9.17) is 0 Å². The lowest BCUT2D eigenvalue weighted by Crippen LogP contribution is -2.09. The van der Waals surface area contributed by atoms with Crippen LogP contribution in [-0.2, 0) is 0 Å². The Bertz CT molecular complexity index is 214. The maximum Gasteiger partial charge on any atom is 0.150 e. The summed E-state index contributed by atoms with van der Waals surface area (Å²) in [5, 5.41) is 5.94. The van der Waals surface area contributed by atoms with Crippen LogP contribution in [0.3, 0.4) is 0 Å². The van der Waals surface area contributed by atoms with Gasteiger partial charge in [-0.1, -0.05) is 0 Å². The first-order valence-electron chi connectivity index (χ1n) is 3.57. The van der Waals surface area contributed by atoms with Crippen LogP contribution in [0.1, 0.15) is 12.7 Å². The molecule has 1 aromatic heterocycles. The van der Waals surface area contributed by atoms with Crippen LogP contribution in [0, 0.1) is 0 Å². The number of aromatic nitrogens is 2. The highest BCUT2D eigenvalue weighted by atomic mass is 15.4. The number of nitrogens with one attached hydrogen (secondary N) is 1. The third kappa shape index (κ3) is 2.41. The number of hydrazone groups is 1. The maximum absolute atomic E-state index is 4.10. The highest BCUT2D eigenvalue weighted by molar-refractivity contribution is 5.73. The molecule has 0 aliphatic heterocycles. The van der Waals surface area contributed by atoms with Crippen LogP contribution in [0.25, 0.3) is 0 Å². The second kappa shape index (κ2) is 3.75. The Morgan fingerprint density at radius 1 is 1.82 bits per heavy atom. The molecule has 0 bridgehead atoms. The number of rotatable bonds is 3. The van der Waals surface area contributed by atoms with Crippen LogP contribution in [0.15, 0.2) is 17.5 Å². The molecule has 0 radical (unpaired) electrons. The van der Waals surface area contributed by atoms with Crippen LogP contribution >= 0.6 is 0 Å². The molecule has 0 saturated heterocycles. The van der Waals surface area contributed by atoms with Crippen molar-refractivity contribution in [3.63, 3.8) is 0 Å². The van der Waals surface area contributed by atoms with Gasteiger partial charge in [-0.2, -0.15) is 5.10 Å². The minimum atomic E-state index is 0.783. The van der Waals surface area contributed by atoms with E-state index in [1.807, 2.05) is 19.0 Å². The summed E-state index contributed by atoms with van der Waals surface area (Å²) in [5.41, 5.74) is 0. The fraction of sp³-hybridized carbons (Fsp3) is 0.429. The van der Waals surface area contributed by atoms with Crippen molar-refractivity contribution >= 4 is 6.21 Å². The Hall–Kier alpha value is -1.32. The Morgan fingerprint density at radius 3 is 3.18 bits per heavy atom. The van der Waals surface area contributed by atoms with Gasteiger partial charge in [0.1, 0.15) is 5.82 Å². The molecule has 4 heteroatoms. The smallest absolute Gasteiger partial charge is 0.150 e. The molecular weight excluding hydrogens is 140 g/mol. The third-order valence-electron chi connectivity index (χ3n) is 1.35. The van der Waals surface area contributed by atoms with Crippen LogP contribution in [0.2, 0.25) is 0 Å². The lowest BCUT2D eigenvalue weighted by molar-refractivity contribution is 0.377. The monoisotopic (exact) mass is 152 g/mol. The zero-order chi connectivity index (χ0) is 8.10. The maximum atomic E-state index is 4.10. The fourth-order valence-corrected chi connectivity index (χ4v) is 0.583. The topological polar surface area (TPSA) is 44.3 Å². The lowest BCUT2D eigenvalue weighted by atomic mass is 10.7. The van der Waals surface area contributed by atoms with Gasteiger partial charge >= 0.3 is 0 Å². The molecule has 1 aromatic rings. The van der Waals surface area contributed by atoms with E-state index in [2.05, 4.69) is 15.1 Å². The van der Waals surface area contributed by atoms with Crippen LogP contribution in [0.4, 0.5) is 0 Å². The normalized spacial score (nSPS) is 10.7. The molecule has 0 fully saturated rings. The first kappa shape index (κ1) is 7.78. The highest BCUT2D eigenvalue weighted by Crippen LogP contribution is 1.85. The first-order chi connectivity index (χ1) is 5.33. The molecule has 0 aliphatic carbocycles. The fourth-order valence-electron chi connectivity index (χ4n) is 0.583. The molecule has 1 heterocycles. The summed E-state index contributed by atoms with van der Waals surface area (Å²) < 4.78 is 0. The molecule has 0 unspecified atom stereocenters. The van der Waals surface area contributed by atoms with Gasteiger partial charge in [-0.15, -0.1) is 0 Å². The second-order valence-electron chi connectivity index (χ2n) is 2.19. The van der Waals surface area contributed by atoms with Crippen molar-refractivity contribution in [2.75, 3.05) is 13.6 Å². The zero-order valence-corrected chi connectivity index (χ0v) is 6.78. The van der Waals surface area contributed by atoms with Gasteiger partial charge in [0.25, 0.3) is 0 Å². The van der Waals surface area contributed by atoms with Crippen LogP contribution in [0.5, 0.6) is 0 Å². The predicted octanol–water partition coefficient (Wildman–Crippen LogP) is 0.695. The van der Waals surface area contributed by atoms with Crippen LogP contribution in [-0.4, -0.2) is 34.8 Å². The summed E-state index contributed by atoms with van der Waals surface area (Å²) in [6, 6.07) is 0. The van der Waals surface area contributed by atoms with E-state index in [9.17, 15) is 0 Å². The largest absolute Gasteiger partial charge is 0.344 e. The molecule has 0 aromatic carbocycles. The van der Waals surface area contributed by atoms with Crippen molar-refractivity contribution in [3.8, 4) is 0 Å². The lowest BCUT2D eigenvalue weighted by Gasteiger charge is -2.06. The number of H-pyrrole nitrogens is 1. The number of hydrogen-bond acceptors (Lipinski definition) is 3. The molecule has 1 rings (SSSR count). The van der Waals surface area contributed by atoms with Gasteiger partial charge in [0, 0.05) is 26.0 Å². The van der Waals surface area contributed by atoms with Crippen molar-refractivity contribution in [1.29, 1.82) is 0 Å². The SMILES string of the molecule is CCN(C)/N=C/c1ncc[nH]1. The summed E-state index contributed by atoms with van der Waals surface area (Å²) in [7, 11) is 1.92. The molecule has 11 heavy (non-hydrogen) atoms. The average Bonchev–Trinajstić information content (AvgIpc) is 2.52. The number of nitrogens with zero attached hydrogens (tertiary/aromatic N) is 3. The minimum absolute atomic E-state index is 0.783. The summed E-state index contributed by atoms with van der Waals surface area (Å²) in [4.78, 5) is 6.92. The highest BCUT2D eigenvalue weighted by Gasteiger charge is 1.87. The summed E-state index contributed by atoms with van der Waals surface area (Å²) in [6.07, 6.45) is 5.17. The minimum Gasteiger partial charge on any atom is -0.344 e. The Balaban J connectivity index is 2.48. The summed E-state index contributed by atoms with van der Waals surface area (Å²) in [5.74, 6) is 0.783. The molecule has 4 nitrogen and oxygen atoms in total. The van der Waals surface area contributed by atoms with Crippen molar-refractivity contribution in [3.05, 3.63) is 18.2 Å². The van der Waals surface area contributed by atoms with E-state index in [1.54, 1.807) is 18.6 Å². The molecule has 1 N–H and O–H groups in total. The van der Waals surface area contributed by atoms with Crippen molar-refractivity contribution < 1.29 is 0 Å². The number of imidazole rings is 1. The van der Waals surface area contributed by atoms with Gasteiger partial charge in [-0.3, -0.25) is 0 Å². The zero-order valence-electron chi connectivity index (χ0n) is 6.78.